The van der Waals surface area contributed by atoms with Gasteiger partial charge in [-0.05, 0) is 41.7 Å². The van der Waals surface area contributed by atoms with Crippen molar-refractivity contribution in [3.05, 3.63) is 108 Å². The van der Waals surface area contributed by atoms with Crippen molar-refractivity contribution in [1.82, 2.24) is 20.9 Å². The highest BCUT2D eigenvalue weighted by atomic mass is 32.1. The first kappa shape index (κ1) is 26.8. The average Bonchev–Trinajstić information content (AvgIpc) is 2.93. The first-order valence-electron chi connectivity index (χ1n) is 13.3. The minimum absolute atomic E-state index is 0.0271. The van der Waals surface area contributed by atoms with E-state index in [0.29, 0.717) is 24.1 Å². The van der Waals surface area contributed by atoms with E-state index in [9.17, 15) is 4.79 Å². The molecular weight excluding hydrogens is 476 g/mol. The molecule has 1 saturated carbocycles. The van der Waals surface area contributed by atoms with Crippen molar-refractivity contribution >= 4 is 23.2 Å². The highest BCUT2D eigenvalue weighted by molar-refractivity contribution is 7.80. The first-order chi connectivity index (χ1) is 18.1. The van der Waals surface area contributed by atoms with Gasteiger partial charge in [0.15, 0.2) is 5.11 Å². The van der Waals surface area contributed by atoms with Crippen molar-refractivity contribution in [3.63, 3.8) is 0 Å². The quantitative estimate of drug-likeness (QED) is 0.339. The van der Waals surface area contributed by atoms with E-state index < -0.39 is 6.04 Å². The molecule has 0 spiro atoms. The van der Waals surface area contributed by atoms with Crippen LogP contribution in [0.15, 0.2) is 91.0 Å². The summed E-state index contributed by atoms with van der Waals surface area (Å²) in [6, 6.07) is 30.8. The summed E-state index contributed by atoms with van der Waals surface area (Å²) < 4.78 is 0. The van der Waals surface area contributed by atoms with Gasteiger partial charge in [-0.15, -0.1) is 0 Å². The molecule has 1 amide bonds. The second-order valence-electron chi connectivity index (χ2n) is 9.90. The minimum Gasteiger partial charge on any atom is -0.358 e. The third-order valence-corrected chi connectivity index (χ3v) is 7.25. The topological polar surface area (TPSA) is 56.4 Å². The lowest BCUT2D eigenvalue weighted by Gasteiger charge is -2.35. The molecule has 1 aliphatic rings. The van der Waals surface area contributed by atoms with Crippen LogP contribution in [0.4, 0.5) is 0 Å². The maximum absolute atomic E-state index is 13.6. The molecule has 0 heterocycles. The number of thiocarbonyl (C=S) groups is 1. The van der Waals surface area contributed by atoms with Gasteiger partial charge in [0, 0.05) is 38.6 Å². The summed E-state index contributed by atoms with van der Waals surface area (Å²) in [5, 5.41) is 11.2. The summed E-state index contributed by atoms with van der Waals surface area (Å²) in [5.74, 6) is 0.0271. The fourth-order valence-corrected chi connectivity index (χ4v) is 5.31. The molecule has 37 heavy (non-hydrogen) atoms. The van der Waals surface area contributed by atoms with Crippen LogP contribution in [-0.2, 0) is 24.3 Å². The lowest BCUT2D eigenvalue weighted by Crippen LogP contribution is -2.57. The summed E-state index contributed by atoms with van der Waals surface area (Å²) in [7, 11) is 1.86. The number of nitrogens with one attached hydrogen (secondary N) is 3. The van der Waals surface area contributed by atoms with Crippen molar-refractivity contribution in [2.24, 2.45) is 0 Å². The SMILES string of the molecule is CN(Cc1ccccc1)C(=O)C(Cc1ccccc1)NC(=S)N[C@H]1CCCC[C@@H]1NCc1ccccc1. The summed E-state index contributed by atoms with van der Waals surface area (Å²) in [6.45, 7) is 1.39. The molecule has 0 aliphatic heterocycles. The van der Waals surface area contributed by atoms with E-state index in [1.807, 2.05) is 61.6 Å². The Morgan fingerprint density at radius 2 is 1.38 bits per heavy atom. The van der Waals surface area contributed by atoms with E-state index in [4.69, 9.17) is 12.2 Å². The Hall–Kier alpha value is -3.22. The third-order valence-electron chi connectivity index (χ3n) is 7.02. The van der Waals surface area contributed by atoms with Gasteiger partial charge in [0.1, 0.15) is 6.04 Å². The van der Waals surface area contributed by atoms with Crippen molar-refractivity contribution in [2.75, 3.05) is 7.05 Å². The first-order valence-corrected chi connectivity index (χ1v) is 13.7. The maximum atomic E-state index is 13.6. The van der Waals surface area contributed by atoms with Gasteiger partial charge in [-0.25, -0.2) is 0 Å². The van der Waals surface area contributed by atoms with Gasteiger partial charge in [0.05, 0.1) is 0 Å². The minimum atomic E-state index is -0.449. The molecule has 6 heteroatoms. The molecule has 3 aromatic rings. The molecule has 0 saturated heterocycles. The van der Waals surface area contributed by atoms with Crippen molar-refractivity contribution in [3.8, 4) is 0 Å². The molecule has 3 N–H and O–H groups in total. The largest absolute Gasteiger partial charge is 0.358 e. The van der Waals surface area contributed by atoms with Crippen LogP contribution < -0.4 is 16.0 Å². The number of carbonyl (C=O) groups is 1. The van der Waals surface area contributed by atoms with E-state index in [0.717, 1.165) is 30.5 Å². The molecule has 5 nitrogen and oxygen atoms in total. The molecule has 1 unspecified atom stereocenters. The van der Waals surface area contributed by atoms with Crippen molar-refractivity contribution < 1.29 is 4.79 Å². The van der Waals surface area contributed by atoms with Crippen LogP contribution in [0, 0.1) is 0 Å². The zero-order chi connectivity index (χ0) is 25.9. The number of likely N-dealkylation sites (N-methyl/N-ethyl adjacent to an activating group) is 1. The van der Waals surface area contributed by atoms with Crippen LogP contribution >= 0.6 is 12.2 Å². The predicted molar refractivity (Wildman–Crippen MR) is 155 cm³/mol. The lowest BCUT2D eigenvalue weighted by atomic mass is 9.90. The monoisotopic (exact) mass is 514 g/mol. The zero-order valence-corrected chi connectivity index (χ0v) is 22.4. The van der Waals surface area contributed by atoms with Gasteiger partial charge in [0.25, 0.3) is 0 Å². The van der Waals surface area contributed by atoms with E-state index in [1.165, 1.54) is 18.4 Å². The van der Waals surface area contributed by atoms with Crippen LogP contribution in [0.1, 0.15) is 42.4 Å². The van der Waals surface area contributed by atoms with Gasteiger partial charge < -0.3 is 20.9 Å². The molecule has 1 aliphatic carbocycles. The van der Waals surface area contributed by atoms with Crippen molar-refractivity contribution in [2.45, 2.75) is 63.3 Å². The molecular formula is C31H38N4OS. The average molecular weight is 515 g/mol. The summed E-state index contributed by atoms with van der Waals surface area (Å²) in [6.07, 6.45) is 5.12. The molecule has 0 bridgehead atoms. The van der Waals surface area contributed by atoms with Gasteiger partial charge in [-0.2, -0.15) is 0 Å². The highest BCUT2D eigenvalue weighted by Gasteiger charge is 2.28. The number of amides is 1. The third kappa shape index (κ3) is 8.41. The second kappa shape index (κ2) is 13.9. The normalized spacial score (nSPS) is 18.0. The van der Waals surface area contributed by atoms with E-state index in [-0.39, 0.29) is 11.9 Å². The second-order valence-corrected chi connectivity index (χ2v) is 10.3. The molecule has 194 valence electrons. The van der Waals surface area contributed by atoms with E-state index in [1.54, 1.807) is 4.90 Å². The van der Waals surface area contributed by atoms with Gasteiger partial charge >= 0.3 is 0 Å². The van der Waals surface area contributed by atoms with E-state index >= 15 is 0 Å². The van der Waals surface area contributed by atoms with Crippen molar-refractivity contribution in [1.29, 1.82) is 0 Å². The Bertz CT molecular complexity index is 1110. The van der Waals surface area contributed by atoms with Crippen LogP contribution in [-0.4, -0.2) is 41.1 Å². The van der Waals surface area contributed by atoms with Crippen LogP contribution in [0.25, 0.3) is 0 Å². The molecule has 0 aromatic heterocycles. The Labute approximate surface area is 226 Å². The number of hydrogen-bond donors (Lipinski definition) is 3. The number of benzene rings is 3. The number of carbonyl (C=O) groups excluding carboxylic acids is 1. The standard InChI is InChI=1S/C31H38N4OS/c1-35(23-26-17-9-4-10-18-26)30(36)29(21-24-13-5-2-6-14-24)34-31(37)33-28-20-12-11-19-27(28)32-22-25-15-7-3-8-16-25/h2-10,13-18,27-29,32H,11-12,19-23H2,1H3,(H2,33,34,37)/t27-,28-,29?/m0/s1. The molecule has 4 rings (SSSR count). The zero-order valence-electron chi connectivity index (χ0n) is 21.6. The smallest absolute Gasteiger partial charge is 0.245 e. The summed E-state index contributed by atoms with van der Waals surface area (Å²) in [5.41, 5.74) is 3.49. The van der Waals surface area contributed by atoms with Crippen LogP contribution in [0.2, 0.25) is 0 Å². The van der Waals surface area contributed by atoms with E-state index in [2.05, 4.69) is 52.3 Å². The number of nitrogens with zero attached hydrogens (tertiary/aromatic N) is 1. The fraction of sp³-hybridized carbons (Fsp3) is 0.355. The molecule has 3 atom stereocenters. The van der Waals surface area contributed by atoms with Crippen LogP contribution in [0.5, 0.6) is 0 Å². The van der Waals surface area contributed by atoms with Crippen LogP contribution in [0.3, 0.4) is 0 Å². The summed E-state index contributed by atoms with van der Waals surface area (Å²) in [4.78, 5) is 15.3. The van der Waals surface area contributed by atoms with Gasteiger partial charge in [0.2, 0.25) is 5.91 Å². The Balaban J connectivity index is 1.39. The Kier molecular flexibility index (Phi) is 10.1. The highest BCUT2D eigenvalue weighted by Crippen LogP contribution is 2.19. The van der Waals surface area contributed by atoms with Gasteiger partial charge in [-0.3, -0.25) is 4.79 Å². The lowest BCUT2D eigenvalue weighted by molar-refractivity contribution is -0.132. The number of hydrogen-bond acceptors (Lipinski definition) is 3. The number of rotatable bonds is 10. The van der Waals surface area contributed by atoms with Gasteiger partial charge in [-0.1, -0.05) is 104 Å². The predicted octanol–water partition coefficient (Wildman–Crippen LogP) is 4.82. The molecule has 0 radical (unpaired) electrons. The molecule has 3 aromatic carbocycles. The summed E-state index contributed by atoms with van der Waals surface area (Å²) >= 11 is 5.77. The Morgan fingerprint density at radius 3 is 2.00 bits per heavy atom. The molecule has 1 fully saturated rings. The maximum Gasteiger partial charge on any atom is 0.245 e. The fourth-order valence-electron chi connectivity index (χ4n) is 5.01. The Morgan fingerprint density at radius 1 is 0.838 bits per heavy atom.